The summed E-state index contributed by atoms with van der Waals surface area (Å²) >= 11 is 12.8. The third kappa shape index (κ3) is 5.45. The predicted octanol–water partition coefficient (Wildman–Crippen LogP) is 7.09. The zero-order valence-corrected chi connectivity index (χ0v) is 23.8. The number of carbonyl (C=O) groups excluding carboxylic acids is 2. The van der Waals surface area contributed by atoms with Crippen molar-refractivity contribution in [2.45, 2.75) is 44.4 Å². The van der Waals surface area contributed by atoms with Gasteiger partial charge in [0.2, 0.25) is 5.78 Å². The SMILES string of the molecule is Cc1cc(C(F)(F)F)nc2c1cc(C(=O)c1c(Cl)ccc(C(=O)OC(C)(C)C)c1Cl)n2S(=O)(=O)c1ccccc1. The number of hydrogen-bond donors (Lipinski definition) is 0. The molecule has 0 amide bonds. The lowest BCUT2D eigenvalue weighted by atomic mass is 10.0. The van der Waals surface area contributed by atoms with Crippen molar-refractivity contribution in [2.75, 3.05) is 0 Å². The van der Waals surface area contributed by atoms with E-state index in [1.807, 2.05) is 0 Å². The van der Waals surface area contributed by atoms with Crippen molar-refractivity contribution in [3.63, 3.8) is 0 Å². The molecule has 13 heteroatoms. The van der Waals surface area contributed by atoms with E-state index in [-0.39, 0.29) is 26.4 Å². The molecule has 0 aliphatic rings. The highest BCUT2D eigenvalue weighted by atomic mass is 35.5. The fourth-order valence-corrected chi connectivity index (χ4v) is 6.02. The van der Waals surface area contributed by atoms with E-state index in [2.05, 4.69) is 4.98 Å². The van der Waals surface area contributed by atoms with Crippen molar-refractivity contribution >= 4 is 56.0 Å². The van der Waals surface area contributed by atoms with Gasteiger partial charge in [-0.05, 0) is 69.7 Å². The monoisotopic (exact) mass is 612 g/mol. The fraction of sp³-hybridized carbons (Fsp3) is 0.222. The van der Waals surface area contributed by atoms with Gasteiger partial charge in [0.05, 0.1) is 26.1 Å². The standard InChI is InChI=1S/C27H21Cl2F3N2O5S/c1-14-12-20(27(30,31)32)33-24-17(14)13-19(34(24)40(37,38)15-8-6-5-7-9-15)23(35)21-18(28)11-10-16(22(21)29)25(36)39-26(2,3)4/h5-13H,1-4H3. The highest BCUT2D eigenvalue weighted by molar-refractivity contribution is 7.90. The largest absolute Gasteiger partial charge is 0.456 e. The van der Waals surface area contributed by atoms with Crippen molar-refractivity contribution in [3.05, 3.63) is 92.7 Å². The molecule has 0 bridgehead atoms. The lowest BCUT2D eigenvalue weighted by Gasteiger charge is -2.20. The molecule has 2 aromatic heterocycles. The van der Waals surface area contributed by atoms with E-state index in [0.29, 0.717) is 3.97 Å². The number of fused-ring (bicyclic) bond motifs is 1. The van der Waals surface area contributed by atoms with Crippen LogP contribution >= 0.6 is 23.2 Å². The maximum atomic E-state index is 14.0. The lowest BCUT2D eigenvalue weighted by Crippen LogP contribution is -2.24. The maximum absolute atomic E-state index is 14.0. The van der Waals surface area contributed by atoms with Gasteiger partial charge in [-0.15, -0.1) is 0 Å². The van der Waals surface area contributed by atoms with E-state index >= 15 is 0 Å². The topological polar surface area (TPSA) is 95.3 Å². The van der Waals surface area contributed by atoms with E-state index in [9.17, 15) is 31.2 Å². The van der Waals surface area contributed by atoms with Gasteiger partial charge in [0.15, 0.2) is 5.65 Å². The molecule has 210 valence electrons. The number of aryl methyl sites for hydroxylation is 1. The number of nitrogens with zero attached hydrogens (tertiary/aromatic N) is 2. The number of esters is 1. The first-order valence-corrected chi connectivity index (χ1v) is 13.8. The molecule has 4 aromatic rings. The molecular formula is C27H21Cl2F3N2O5S. The van der Waals surface area contributed by atoms with Gasteiger partial charge in [-0.3, -0.25) is 4.79 Å². The number of ether oxygens (including phenoxy) is 1. The molecule has 2 heterocycles. The average molecular weight is 613 g/mol. The van der Waals surface area contributed by atoms with Gasteiger partial charge in [0, 0.05) is 5.39 Å². The first-order valence-electron chi connectivity index (χ1n) is 11.6. The van der Waals surface area contributed by atoms with Crippen molar-refractivity contribution in [1.82, 2.24) is 8.96 Å². The van der Waals surface area contributed by atoms with Crippen LogP contribution in [0.5, 0.6) is 0 Å². The predicted molar refractivity (Wildman–Crippen MR) is 144 cm³/mol. The molecule has 0 fully saturated rings. The van der Waals surface area contributed by atoms with Crippen LogP contribution in [0, 0.1) is 6.92 Å². The minimum atomic E-state index is -4.90. The van der Waals surface area contributed by atoms with Crippen LogP contribution in [0.1, 0.15) is 58.4 Å². The maximum Gasteiger partial charge on any atom is 0.433 e. The summed E-state index contributed by atoms with van der Waals surface area (Å²) in [6.45, 7) is 6.20. The summed E-state index contributed by atoms with van der Waals surface area (Å²) < 4.78 is 74.3. The van der Waals surface area contributed by atoms with Crippen LogP contribution in [0.15, 0.2) is 59.5 Å². The molecule has 0 aliphatic carbocycles. The van der Waals surface area contributed by atoms with Crippen molar-refractivity contribution in [1.29, 1.82) is 0 Å². The summed E-state index contributed by atoms with van der Waals surface area (Å²) in [5, 5.41) is -0.662. The first kappa shape index (κ1) is 29.6. The minimum absolute atomic E-state index is 0.0214. The quantitative estimate of drug-likeness (QED) is 0.176. The number of alkyl halides is 3. The van der Waals surface area contributed by atoms with Crippen LogP contribution in [0.4, 0.5) is 13.2 Å². The molecule has 0 spiro atoms. The summed E-state index contributed by atoms with van der Waals surface area (Å²) in [6, 6.07) is 11.1. The molecule has 0 saturated carbocycles. The Balaban J connectivity index is 2.05. The van der Waals surface area contributed by atoms with Crippen LogP contribution in [0.2, 0.25) is 10.0 Å². The first-order chi connectivity index (χ1) is 18.4. The molecule has 7 nitrogen and oxygen atoms in total. The van der Waals surface area contributed by atoms with Crippen molar-refractivity contribution < 1.29 is 35.9 Å². The molecule has 4 rings (SSSR count). The smallest absolute Gasteiger partial charge is 0.433 e. The second kappa shape index (κ2) is 10.2. The van der Waals surface area contributed by atoms with Gasteiger partial charge in [-0.2, -0.15) is 13.2 Å². The highest BCUT2D eigenvalue weighted by Gasteiger charge is 2.36. The molecule has 0 atom stereocenters. The summed E-state index contributed by atoms with van der Waals surface area (Å²) in [6.07, 6.45) is -4.90. The van der Waals surface area contributed by atoms with E-state index in [0.717, 1.165) is 12.1 Å². The number of aromatic nitrogens is 2. The zero-order chi connectivity index (χ0) is 29.8. The van der Waals surface area contributed by atoms with Gasteiger partial charge in [0.1, 0.15) is 17.0 Å². The fourth-order valence-electron chi connectivity index (χ4n) is 3.93. The Morgan fingerprint density at radius 2 is 1.60 bits per heavy atom. The lowest BCUT2D eigenvalue weighted by molar-refractivity contribution is -0.141. The van der Waals surface area contributed by atoms with E-state index in [1.54, 1.807) is 26.8 Å². The molecule has 40 heavy (non-hydrogen) atoms. The number of carbonyl (C=O) groups is 2. The Kier molecular flexibility index (Phi) is 7.55. The van der Waals surface area contributed by atoms with Gasteiger partial charge >= 0.3 is 12.1 Å². The number of halogens is 5. The van der Waals surface area contributed by atoms with E-state index < -0.39 is 61.2 Å². The molecule has 0 aliphatic heterocycles. The third-order valence-electron chi connectivity index (χ3n) is 5.68. The Morgan fingerprint density at radius 1 is 0.975 bits per heavy atom. The van der Waals surface area contributed by atoms with Gasteiger partial charge in [0.25, 0.3) is 10.0 Å². The molecule has 0 radical (unpaired) electrons. The minimum Gasteiger partial charge on any atom is -0.456 e. The Labute approximate surface area is 237 Å². The second-order valence-corrected chi connectivity index (χ2v) is 12.4. The summed E-state index contributed by atoms with van der Waals surface area (Å²) in [5.41, 5.74) is -4.08. The van der Waals surface area contributed by atoms with E-state index in [4.69, 9.17) is 27.9 Å². The van der Waals surface area contributed by atoms with Crippen molar-refractivity contribution in [2.24, 2.45) is 0 Å². The Morgan fingerprint density at radius 3 is 2.17 bits per heavy atom. The third-order valence-corrected chi connectivity index (χ3v) is 8.10. The molecule has 0 unspecified atom stereocenters. The number of rotatable bonds is 5. The zero-order valence-electron chi connectivity index (χ0n) is 21.4. The van der Waals surface area contributed by atoms with Crippen molar-refractivity contribution in [3.8, 4) is 0 Å². The molecule has 0 N–H and O–H groups in total. The Hall–Kier alpha value is -3.41. The number of ketones is 1. The van der Waals surface area contributed by atoms with Crippen LogP contribution < -0.4 is 0 Å². The number of pyridine rings is 1. The number of hydrogen-bond acceptors (Lipinski definition) is 6. The van der Waals surface area contributed by atoms with Crippen LogP contribution in [0.3, 0.4) is 0 Å². The summed E-state index contributed by atoms with van der Waals surface area (Å²) in [5.74, 6) is -1.93. The van der Waals surface area contributed by atoms with Gasteiger partial charge in [-0.1, -0.05) is 41.4 Å². The molecular weight excluding hydrogens is 592 g/mol. The second-order valence-electron chi connectivity index (χ2n) is 9.79. The summed E-state index contributed by atoms with van der Waals surface area (Å²) in [7, 11) is -4.67. The normalized spacial score (nSPS) is 12.5. The van der Waals surface area contributed by atoms with Gasteiger partial charge < -0.3 is 4.74 Å². The van der Waals surface area contributed by atoms with Crippen LogP contribution in [-0.2, 0) is 20.9 Å². The molecule has 0 saturated heterocycles. The Bertz CT molecular complexity index is 1780. The van der Waals surface area contributed by atoms with Crippen LogP contribution in [-0.4, -0.2) is 34.7 Å². The van der Waals surface area contributed by atoms with E-state index in [1.165, 1.54) is 43.3 Å². The highest BCUT2D eigenvalue weighted by Crippen LogP contribution is 2.36. The van der Waals surface area contributed by atoms with Crippen LogP contribution in [0.25, 0.3) is 11.0 Å². The molecule has 2 aromatic carbocycles. The summed E-state index contributed by atoms with van der Waals surface area (Å²) in [4.78, 5) is 30.0. The van der Waals surface area contributed by atoms with Gasteiger partial charge in [-0.25, -0.2) is 22.2 Å². The number of benzene rings is 2. The average Bonchev–Trinajstić information content (AvgIpc) is 3.24.